The van der Waals surface area contributed by atoms with Gasteiger partial charge in [-0.05, 0) is 60.9 Å². The highest BCUT2D eigenvalue weighted by atomic mass is 32.1. The number of rotatable bonds is 4. The van der Waals surface area contributed by atoms with Crippen molar-refractivity contribution in [3.8, 4) is 0 Å². The number of hydrogen-bond acceptors (Lipinski definition) is 5. The highest BCUT2D eigenvalue weighted by molar-refractivity contribution is 7.10. The van der Waals surface area contributed by atoms with Crippen molar-refractivity contribution < 1.29 is 14.3 Å². The number of fused-ring (bicyclic) bond motifs is 2. The third-order valence-electron chi connectivity index (χ3n) is 5.31. The van der Waals surface area contributed by atoms with Crippen molar-refractivity contribution in [3.05, 3.63) is 63.5 Å². The lowest BCUT2D eigenvalue weighted by molar-refractivity contribution is -0.137. The number of hydrogen-bond donors (Lipinski definition) is 0. The van der Waals surface area contributed by atoms with E-state index in [2.05, 4.69) is 17.5 Å². The fourth-order valence-corrected chi connectivity index (χ4v) is 4.57. The third-order valence-corrected chi connectivity index (χ3v) is 6.13. The Balaban J connectivity index is 1.83. The maximum atomic E-state index is 13.3. The van der Waals surface area contributed by atoms with Crippen molar-refractivity contribution in [2.75, 3.05) is 14.1 Å². The minimum atomic E-state index is -0.847. The number of esters is 1. The second-order valence-electron chi connectivity index (χ2n) is 7.65. The van der Waals surface area contributed by atoms with Gasteiger partial charge in [0.25, 0.3) is 5.91 Å². The number of thiophene rings is 1. The van der Waals surface area contributed by atoms with E-state index in [9.17, 15) is 9.59 Å². The Morgan fingerprint density at radius 2 is 1.97 bits per heavy atom. The third kappa shape index (κ3) is 3.87. The van der Waals surface area contributed by atoms with Crippen LogP contribution >= 0.6 is 11.3 Å². The summed E-state index contributed by atoms with van der Waals surface area (Å²) in [7, 11) is 3.30. The first-order valence-corrected chi connectivity index (χ1v) is 10.9. The van der Waals surface area contributed by atoms with Crippen LogP contribution < -0.4 is 0 Å². The Bertz CT molecular complexity index is 1130. The SMILES string of the molecule is C[C@H](OC(=O)c1c2c(nc3ccccc13)/C(=C\c1cccs1)CCC2)C(=O)N(C)C. The molecule has 154 valence electrons. The minimum Gasteiger partial charge on any atom is -0.449 e. The summed E-state index contributed by atoms with van der Waals surface area (Å²) in [5.74, 6) is -0.709. The minimum absolute atomic E-state index is 0.242. The molecular weight excluding hydrogens is 396 g/mol. The molecule has 1 amide bonds. The molecule has 3 aromatic rings. The quantitative estimate of drug-likeness (QED) is 0.569. The zero-order valence-corrected chi connectivity index (χ0v) is 18.2. The van der Waals surface area contributed by atoms with E-state index < -0.39 is 12.1 Å². The van der Waals surface area contributed by atoms with Crippen LogP contribution in [-0.2, 0) is 16.0 Å². The summed E-state index contributed by atoms with van der Waals surface area (Å²) < 4.78 is 5.60. The van der Waals surface area contributed by atoms with Gasteiger partial charge in [-0.15, -0.1) is 11.3 Å². The second-order valence-corrected chi connectivity index (χ2v) is 8.63. The van der Waals surface area contributed by atoms with Gasteiger partial charge in [-0.3, -0.25) is 4.79 Å². The fraction of sp³-hybridized carbons (Fsp3) is 0.292. The first-order valence-electron chi connectivity index (χ1n) is 10.0. The maximum Gasteiger partial charge on any atom is 0.339 e. The summed E-state index contributed by atoms with van der Waals surface area (Å²) in [6.45, 7) is 1.61. The number of aromatic nitrogens is 1. The molecule has 0 saturated heterocycles. The van der Waals surface area contributed by atoms with Crippen LogP contribution in [0.4, 0.5) is 0 Å². The summed E-state index contributed by atoms with van der Waals surface area (Å²) in [5, 5.41) is 2.82. The van der Waals surface area contributed by atoms with E-state index in [0.717, 1.165) is 47.0 Å². The van der Waals surface area contributed by atoms with Gasteiger partial charge in [0.1, 0.15) is 0 Å². The Morgan fingerprint density at radius 3 is 2.70 bits per heavy atom. The highest BCUT2D eigenvalue weighted by Crippen LogP contribution is 2.37. The topological polar surface area (TPSA) is 59.5 Å². The zero-order chi connectivity index (χ0) is 21.3. The largest absolute Gasteiger partial charge is 0.449 e. The van der Waals surface area contributed by atoms with E-state index in [1.54, 1.807) is 32.4 Å². The van der Waals surface area contributed by atoms with E-state index in [1.807, 2.05) is 30.3 Å². The van der Waals surface area contributed by atoms with Crippen molar-refractivity contribution in [1.82, 2.24) is 9.88 Å². The van der Waals surface area contributed by atoms with Crippen LogP contribution in [0.1, 0.15) is 46.3 Å². The molecule has 0 spiro atoms. The Labute approximate surface area is 180 Å². The smallest absolute Gasteiger partial charge is 0.339 e. The molecule has 2 aromatic heterocycles. The molecule has 5 nitrogen and oxygen atoms in total. The average Bonchev–Trinajstić information content (AvgIpc) is 3.24. The van der Waals surface area contributed by atoms with Gasteiger partial charge in [-0.1, -0.05) is 24.3 Å². The number of pyridine rings is 1. The van der Waals surface area contributed by atoms with Gasteiger partial charge in [0.15, 0.2) is 6.10 Å². The summed E-state index contributed by atoms with van der Waals surface area (Å²) >= 11 is 1.68. The van der Waals surface area contributed by atoms with Crippen LogP contribution in [-0.4, -0.2) is 42.0 Å². The van der Waals surface area contributed by atoms with Crippen molar-refractivity contribution in [1.29, 1.82) is 0 Å². The van der Waals surface area contributed by atoms with Crippen LogP contribution in [0.2, 0.25) is 0 Å². The van der Waals surface area contributed by atoms with Gasteiger partial charge < -0.3 is 9.64 Å². The molecule has 0 saturated carbocycles. The second kappa shape index (κ2) is 8.40. The Morgan fingerprint density at radius 1 is 1.17 bits per heavy atom. The zero-order valence-electron chi connectivity index (χ0n) is 17.3. The number of likely N-dealkylation sites (N-methyl/N-ethyl adjacent to an activating group) is 1. The van der Waals surface area contributed by atoms with E-state index in [1.165, 1.54) is 9.78 Å². The fourth-order valence-electron chi connectivity index (χ4n) is 3.89. The standard InChI is InChI=1S/C24H24N2O3S/c1-15(23(27)26(2)3)29-24(28)21-18-10-4-5-12-20(18)25-22-16(8-6-11-19(21)22)14-17-9-7-13-30-17/h4-5,7,9-10,12-15H,6,8,11H2,1-3H3/b16-14-/t15-/m0/s1. The molecule has 0 radical (unpaired) electrons. The number of carbonyl (C=O) groups excluding carboxylic acids is 2. The van der Waals surface area contributed by atoms with Crippen molar-refractivity contribution >= 4 is 45.8 Å². The van der Waals surface area contributed by atoms with Crippen LogP contribution in [0, 0.1) is 0 Å². The molecule has 6 heteroatoms. The predicted octanol–water partition coefficient (Wildman–Crippen LogP) is 4.81. The molecule has 1 aliphatic rings. The molecular formula is C24H24N2O3S. The number of ether oxygens (including phenoxy) is 1. The predicted molar refractivity (Wildman–Crippen MR) is 120 cm³/mol. The number of para-hydroxylation sites is 1. The van der Waals surface area contributed by atoms with Crippen molar-refractivity contribution in [3.63, 3.8) is 0 Å². The van der Waals surface area contributed by atoms with Gasteiger partial charge in [-0.2, -0.15) is 0 Å². The highest BCUT2D eigenvalue weighted by Gasteiger charge is 2.28. The Kier molecular flexibility index (Phi) is 5.68. The number of allylic oxidation sites excluding steroid dienone is 1. The van der Waals surface area contributed by atoms with Crippen LogP contribution in [0.3, 0.4) is 0 Å². The molecule has 0 fully saturated rings. The molecule has 0 aliphatic heterocycles. The lowest BCUT2D eigenvalue weighted by atomic mass is 9.86. The molecule has 1 aliphatic carbocycles. The van der Waals surface area contributed by atoms with Gasteiger partial charge in [0, 0.05) is 24.4 Å². The van der Waals surface area contributed by atoms with Crippen LogP contribution in [0.5, 0.6) is 0 Å². The number of amides is 1. The molecule has 1 atom stereocenters. The lowest BCUT2D eigenvalue weighted by Crippen LogP contribution is -2.35. The summed E-state index contributed by atoms with van der Waals surface area (Å²) in [4.78, 5) is 33.0. The first-order chi connectivity index (χ1) is 14.5. The first kappa shape index (κ1) is 20.3. The van der Waals surface area contributed by atoms with E-state index >= 15 is 0 Å². The molecule has 0 N–H and O–H groups in total. The molecule has 0 unspecified atom stereocenters. The average molecular weight is 421 g/mol. The van der Waals surface area contributed by atoms with Crippen molar-refractivity contribution in [2.24, 2.45) is 0 Å². The van der Waals surface area contributed by atoms with Gasteiger partial charge in [-0.25, -0.2) is 9.78 Å². The molecule has 30 heavy (non-hydrogen) atoms. The van der Waals surface area contributed by atoms with E-state index in [-0.39, 0.29) is 5.91 Å². The van der Waals surface area contributed by atoms with Crippen LogP contribution in [0.15, 0.2) is 41.8 Å². The Hall–Kier alpha value is -2.99. The molecule has 4 rings (SSSR count). The van der Waals surface area contributed by atoms with Gasteiger partial charge >= 0.3 is 5.97 Å². The van der Waals surface area contributed by atoms with Crippen molar-refractivity contribution in [2.45, 2.75) is 32.3 Å². The number of nitrogens with zero attached hydrogens (tertiary/aromatic N) is 2. The normalized spacial score (nSPS) is 15.6. The molecule has 2 heterocycles. The van der Waals surface area contributed by atoms with E-state index in [0.29, 0.717) is 5.56 Å². The molecule has 0 bridgehead atoms. The summed E-state index contributed by atoms with van der Waals surface area (Å²) in [6.07, 6.45) is 3.93. The number of benzene rings is 1. The molecule has 1 aromatic carbocycles. The number of carbonyl (C=O) groups is 2. The maximum absolute atomic E-state index is 13.3. The van der Waals surface area contributed by atoms with Gasteiger partial charge in [0.05, 0.1) is 16.8 Å². The van der Waals surface area contributed by atoms with Crippen LogP contribution in [0.25, 0.3) is 22.6 Å². The summed E-state index contributed by atoms with van der Waals surface area (Å²) in [5.41, 5.74) is 4.21. The summed E-state index contributed by atoms with van der Waals surface area (Å²) in [6, 6.07) is 11.7. The monoisotopic (exact) mass is 420 g/mol. The lowest BCUT2D eigenvalue weighted by Gasteiger charge is -2.23. The van der Waals surface area contributed by atoms with E-state index in [4.69, 9.17) is 9.72 Å². The van der Waals surface area contributed by atoms with Gasteiger partial charge in [0.2, 0.25) is 0 Å².